The molecule has 0 aliphatic rings. The molecular weight excluding hydrogens is 521 g/mol. The average Bonchev–Trinajstić information content (AvgIpc) is 2.75. The van der Waals surface area contributed by atoms with E-state index in [9.17, 15) is 40.9 Å². The molecule has 0 radical (unpaired) electrons. The Bertz CT molecular complexity index is 495. The molecule has 0 aromatic carbocycles. The Balaban J connectivity index is 6.56. The number of aliphatic hydroxyl groups is 8. The third-order valence-electron chi connectivity index (χ3n) is 5.79. The summed E-state index contributed by atoms with van der Waals surface area (Å²) in [4.78, 5) is 0. The molecule has 0 heterocycles. The van der Waals surface area contributed by atoms with Gasteiger partial charge in [-0.25, -0.2) is 0 Å². The first-order chi connectivity index (χ1) is 16.2. The Hall–Kier alpha value is 0.388. The highest BCUT2D eigenvalue weighted by Crippen LogP contribution is 2.36. The number of rotatable bonds is 23. The van der Waals surface area contributed by atoms with Gasteiger partial charge in [0, 0.05) is 96.2 Å². The van der Waals surface area contributed by atoms with E-state index in [1.165, 1.54) is 7.11 Å². The summed E-state index contributed by atoms with van der Waals surface area (Å²) in [5.41, 5.74) is 0. The summed E-state index contributed by atoms with van der Waals surface area (Å²) in [6.45, 7) is -0.273. The summed E-state index contributed by atoms with van der Waals surface area (Å²) in [7, 11) is -11.6. The van der Waals surface area contributed by atoms with Gasteiger partial charge in [-0.2, -0.15) is 0 Å². The summed E-state index contributed by atoms with van der Waals surface area (Å²) in [5, 5.41) is 78.1. The van der Waals surface area contributed by atoms with E-state index in [1.807, 2.05) is 6.55 Å². The second-order valence-electron chi connectivity index (χ2n) is 8.48. The van der Waals surface area contributed by atoms with E-state index in [4.69, 9.17) is 16.8 Å². The van der Waals surface area contributed by atoms with E-state index in [0.29, 0.717) is 12.1 Å². The number of hydrogen-bond donors (Lipinski definition) is 8. The van der Waals surface area contributed by atoms with Gasteiger partial charge >= 0.3 is 25.7 Å². The zero-order valence-electron chi connectivity index (χ0n) is 20.5. The van der Waals surface area contributed by atoms with Gasteiger partial charge in [0.25, 0.3) is 0 Å². The fraction of sp³-hybridized carbons (Fsp3) is 1.00. The fourth-order valence-electron chi connectivity index (χ4n) is 4.02. The minimum atomic E-state index is -3.56. The molecule has 0 bridgehead atoms. The van der Waals surface area contributed by atoms with Crippen molar-refractivity contribution in [3.05, 3.63) is 0 Å². The van der Waals surface area contributed by atoms with E-state index in [0.717, 1.165) is 0 Å². The van der Waals surface area contributed by atoms with E-state index in [1.54, 1.807) is 0 Å². The first-order valence-electron chi connectivity index (χ1n) is 11.7. The molecule has 0 saturated carbocycles. The Morgan fingerprint density at radius 1 is 0.412 bits per heavy atom. The molecule has 0 aromatic rings. The first-order valence-corrected chi connectivity index (χ1v) is 21.2. The molecule has 0 amide bonds. The van der Waals surface area contributed by atoms with Gasteiger partial charge in [0.15, 0.2) is 8.32 Å². The van der Waals surface area contributed by atoms with Crippen LogP contribution >= 0.6 is 0 Å². The monoisotopic (exact) mass is 566 g/mol. The minimum absolute atomic E-state index is 0.0375. The quantitative estimate of drug-likeness (QED) is 0.0669. The highest BCUT2D eigenvalue weighted by Gasteiger charge is 2.54. The molecule has 0 unspecified atom stereocenters. The van der Waals surface area contributed by atoms with Crippen molar-refractivity contribution in [3.63, 3.8) is 0 Å². The Kier molecular flexibility index (Phi) is 18.0. The van der Waals surface area contributed by atoms with Gasteiger partial charge in [-0.1, -0.05) is 0 Å². The second-order valence-corrected chi connectivity index (χ2v) is 23.7. The topological polar surface area (TPSA) is 199 Å². The molecule has 0 aliphatic heterocycles. The van der Waals surface area contributed by atoms with Crippen molar-refractivity contribution in [3.8, 4) is 0 Å². The van der Waals surface area contributed by atoms with Crippen molar-refractivity contribution < 1.29 is 57.6 Å². The molecule has 34 heavy (non-hydrogen) atoms. The second kappa shape index (κ2) is 17.8. The molecule has 0 fully saturated rings. The number of hydrogen-bond acceptors (Lipinski definition) is 12. The van der Waals surface area contributed by atoms with Crippen LogP contribution in [0.25, 0.3) is 0 Å². The third kappa shape index (κ3) is 11.2. The molecule has 206 valence electrons. The van der Waals surface area contributed by atoms with E-state index < -0.39 is 34.0 Å². The van der Waals surface area contributed by atoms with Gasteiger partial charge in [0.1, 0.15) is 0 Å². The summed E-state index contributed by atoms with van der Waals surface area (Å²) in [6.07, 6.45) is 0. The molecule has 12 nitrogen and oxygen atoms in total. The van der Waals surface area contributed by atoms with Crippen molar-refractivity contribution in [2.45, 2.75) is 54.9 Å². The maximum Gasteiger partial charge on any atom is 0.333 e. The lowest BCUT2D eigenvalue weighted by Crippen LogP contribution is -2.64. The van der Waals surface area contributed by atoms with Crippen LogP contribution in [0.5, 0.6) is 0 Å². The fourth-order valence-corrected chi connectivity index (χ4v) is 23.8. The molecule has 0 aliphatic carbocycles. The molecule has 0 atom stereocenters. The van der Waals surface area contributed by atoms with Crippen LogP contribution in [0.15, 0.2) is 0 Å². The highest BCUT2D eigenvalue weighted by molar-refractivity contribution is 6.90. The predicted octanol–water partition coefficient (Wildman–Crippen LogP) is -1.48. The van der Waals surface area contributed by atoms with E-state index in [-0.39, 0.29) is 89.1 Å². The van der Waals surface area contributed by atoms with Crippen LogP contribution in [0.3, 0.4) is 0 Å². The zero-order valence-corrected chi connectivity index (χ0v) is 24.5. The molecule has 8 N–H and O–H groups in total. The maximum absolute atomic E-state index is 9.90. The van der Waals surface area contributed by atoms with Crippen molar-refractivity contribution in [2.24, 2.45) is 0 Å². The van der Waals surface area contributed by atoms with Crippen LogP contribution in [0.1, 0.15) is 0 Å². The van der Waals surface area contributed by atoms with Crippen molar-refractivity contribution in [1.29, 1.82) is 0 Å². The molecule has 0 spiro atoms. The Morgan fingerprint density at radius 2 is 0.676 bits per heavy atom. The molecule has 0 saturated heterocycles. The first kappa shape index (κ1) is 34.4. The van der Waals surface area contributed by atoms with Crippen LogP contribution in [0, 0.1) is 0 Å². The van der Waals surface area contributed by atoms with Gasteiger partial charge in [-0.05, 0) is 18.6 Å². The normalized spacial score (nSPS) is 13.6. The third-order valence-corrected chi connectivity index (χ3v) is 24.4. The summed E-state index contributed by atoms with van der Waals surface area (Å²) < 4.78 is 25.5. The largest absolute Gasteiger partial charge is 0.436 e. The smallest absolute Gasteiger partial charge is 0.333 e. The minimum Gasteiger partial charge on any atom is -0.436 e. The van der Waals surface area contributed by atoms with Gasteiger partial charge in [-0.15, -0.1) is 0 Å². The van der Waals surface area contributed by atoms with Crippen LogP contribution in [0.2, 0.25) is 54.9 Å². The Morgan fingerprint density at radius 3 is 0.971 bits per heavy atom. The highest BCUT2D eigenvalue weighted by atomic mass is 28.5. The SMILES string of the molecule is CO[Si](CCO)(CCO)O[Si](CCO)(CCO)O[Si](CCO)(CCO)O[Si](C)(CCO)CCO. The van der Waals surface area contributed by atoms with Crippen LogP contribution in [0.4, 0.5) is 0 Å². The Labute approximate surface area is 206 Å². The van der Waals surface area contributed by atoms with Crippen molar-refractivity contribution in [1.82, 2.24) is 0 Å². The summed E-state index contributed by atoms with van der Waals surface area (Å²) in [6, 6.07) is 1.11. The summed E-state index contributed by atoms with van der Waals surface area (Å²) in [5.74, 6) is 0. The van der Waals surface area contributed by atoms with Crippen molar-refractivity contribution >= 4 is 34.0 Å². The summed E-state index contributed by atoms with van der Waals surface area (Å²) >= 11 is 0. The van der Waals surface area contributed by atoms with Crippen LogP contribution in [-0.2, 0) is 16.8 Å². The van der Waals surface area contributed by atoms with Gasteiger partial charge < -0.3 is 57.6 Å². The molecule has 0 rings (SSSR count). The average molecular weight is 567 g/mol. The molecule has 0 aromatic heterocycles. The molecular formula is C18H46O12Si4. The van der Waals surface area contributed by atoms with Crippen molar-refractivity contribution in [2.75, 3.05) is 60.0 Å². The lowest BCUT2D eigenvalue weighted by molar-refractivity contribution is 0.196. The van der Waals surface area contributed by atoms with Crippen LogP contribution in [-0.4, -0.2) is 135 Å². The van der Waals surface area contributed by atoms with Gasteiger partial charge in [0.2, 0.25) is 0 Å². The van der Waals surface area contributed by atoms with E-state index >= 15 is 0 Å². The van der Waals surface area contributed by atoms with E-state index in [2.05, 4.69) is 0 Å². The zero-order chi connectivity index (χ0) is 26.1. The standard InChI is InChI=1S/C18H46O12Si4/c1-27-32(13-5-21,14-6-22)29-34(17-9-25,18-10-26)30-33(15-7-23,16-8-24)28-31(2,11-3-19)12-4-20/h19-26H,3-18H2,1-2H3. The maximum atomic E-state index is 9.90. The van der Waals surface area contributed by atoms with Gasteiger partial charge in [-0.3, -0.25) is 0 Å². The van der Waals surface area contributed by atoms with Gasteiger partial charge in [0.05, 0.1) is 0 Å². The molecule has 16 heteroatoms. The number of aliphatic hydroxyl groups excluding tert-OH is 8. The lowest BCUT2D eigenvalue weighted by Gasteiger charge is -2.47. The predicted molar refractivity (Wildman–Crippen MR) is 134 cm³/mol. The lowest BCUT2D eigenvalue weighted by atomic mass is 10.9. The van der Waals surface area contributed by atoms with Crippen LogP contribution < -0.4 is 0 Å².